The predicted molar refractivity (Wildman–Crippen MR) is 79.1 cm³/mol. The molecule has 2 aliphatic rings. The van der Waals surface area contributed by atoms with Crippen LogP contribution in [-0.2, 0) is 4.74 Å². The number of hydrogen-bond donors (Lipinski definition) is 1. The molecule has 1 aromatic rings. The number of carbonyl (C=O) groups is 1. The van der Waals surface area contributed by atoms with Crippen LogP contribution >= 0.6 is 0 Å². The third-order valence-corrected chi connectivity index (χ3v) is 4.62. The Morgan fingerprint density at radius 1 is 1.35 bits per heavy atom. The molecule has 108 valence electrons. The molecule has 0 aromatic heterocycles. The molecule has 0 amide bonds. The summed E-state index contributed by atoms with van der Waals surface area (Å²) in [7, 11) is 1.41. The minimum atomic E-state index is -0.274. The van der Waals surface area contributed by atoms with E-state index in [0.29, 0.717) is 11.6 Å². The zero-order chi connectivity index (χ0) is 14.1. The van der Waals surface area contributed by atoms with Gasteiger partial charge in [0.25, 0.3) is 0 Å². The number of nitrogens with one attached hydrogen (secondary N) is 1. The molecule has 2 bridgehead atoms. The summed E-state index contributed by atoms with van der Waals surface area (Å²) < 4.78 is 4.76. The molecule has 1 aromatic carbocycles. The van der Waals surface area contributed by atoms with Crippen LogP contribution in [-0.4, -0.2) is 43.7 Å². The molecule has 2 fully saturated rings. The Morgan fingerprint density at radius 3 is 2.90 bits per heavy atom. The van der Waals surface area contributed by atoms with Gasteiger partial charge in [-0.3, -0.25) is 0 Å². The van der Waals surface area contributed by atoms with Crippen molar-refractivity contribution in [1.29, 1.82) is 0 Å². The van der Waals surface area contributed by atoms with Crippen LogP contribution in [0, 0.1) is 12.8 Å². The zero-order valence-electron chi connectivity index (χ0n) is 12.2. The summed E-state index contributed by atoms with van der Waals surface area (Å²) in [4.78, 5) is 14.1. The number of fused-ring (bicyclic) bond motifs is 2. The number of benzene rings is 1. The van der Waals surface area contributed by atoms with E-state index in [1.807, 2.05) is 25.1 Å². The minimum absolute atomic E-state index is 0.274. The van der Waals surface area contributed by atoms with Crippen molar-refractivity contribution in [1.82, 2.24) is 4.90 Å². The third kappa shape index (κ3) is 2.52. The molecule has 0 aliphatic carbocycles. The van der Waals surface area contributed by atoms with Crippen molar-refractivity contribution >= 4 is 11.7 Å². The topological polar surface area (TPSA) is 41.6 Å². The number of rotatable bonds is 3. The monoisotopic (exact) mass is 274 g/mol. The van der Waals surface area contributed by atoms with E-state index in [9.17, 15) is 4.79 Å². The largest absolute Gasteiger partial charge is 0.465 e. The fourth-order valence-corrected chi connectivity index (χ4v) is 3.41. The molecule has 3 atom stereocenters. The maximum atomic E-state index is 11.5. The van der Waals surface area contributed by atoms with Crippen LogP contribution in [0.5, 0.6) is 0 Å². The lowest BCUT2D eigenvalue weighted by atomic mass is 9.93. The van der Waals surface area contributed by atoms with E-state index < -0.39 is 0 Å². The molecule has 3 rings (SSSR count). The summed E-state index contributed by atoms with van der Waals surface area (Å²) in [6.45, 7) is 5.73. The van der Waals surface area contributed by atoms with Crippen molar-refractivity contribution in [3.8, 4) is 0 Å². The second kappa shape index (κ2) is 5.44. The van der Waals surface area contributed by atoms with Crippen LogP contribution in [0.2, 0.25) is 0 Å². The van der Waals surface area contributed by atoms with Gasteiger partial charge in [-0.15, -0.1) is 0 Å². The summed E-state index contributed by atoms with van der Waals surface area (Å²) in [5.41, 5.74) is 2.86. The summed E-state index contributed by atoms with van der Waals surface area (Å²) in [5.74, 6) is 0.493. The van der Waals surface area contributed by atoms with Crippen molar-refractivity contribution in [2.45, 2.75) is 25.8 Å². The second-order valence-electron chi connectivity index (χ2n) is 5.91. The van der Waals surface area contributed by atoms with E-state index in [1.165, 1.54) is 39.6 Å². The van der Waals surface area contributed by atoms with Crippen LogP contribution < -0.4 is 5.32 Å². The van der Waals surface area contributed by atoms with Gasteiger partial charge in [0, 0.05) is 24.8 Å². The van der Waals surface area contributed by atoms with Crippen LogP contribution in [0.4, 0.5) is 5.69 Å². The fraction of sp³-hybridized carbons (Fsp3) is 0.562. The van der Waals surface area contributed by atoms with E-state index in [-0.39, 0.29) is 5.97 Å². The SMILES string of the molecule is COC(=O)c1ccc(NC2CCN3CCC2C3)c(C)c1. The molecule has 4 heteroatoms. The molecular formula is C16H22N2O2. The number of methoxy groups -OCH3 is 1. The zero-order valence-corrected chi connectivity index (χ0v) is 12.2. The molecule has 2 heterocycles. The van der Waals surface area contributed by atoms with E-state index in [1.54, 1.807) is 0 Å². The molecule has 4 nitrogen and oxygen atoms in total. The third-order valence-electron chi connectivity index (χ3n) is 4.62. The quantitative estimate of drug-likeness (QED) is 0.859. The van der Waals surface area contributed by atoms with Crippen molar-refractivity contribution < 1.29 is 9.53 Å². The molecular weight excluding hydrogens is 252 g/mol. The van der Waals surface area contributed by atoms with Crippen LogP contribution in [0.1, 0.15) is 28.8 Å². The number of anilines is 1. The maximum absolute atomic E-state index is 11.5. The highest BCUT2D eigenvalue weighted by molar-refractivity contribution is 5.90. The lowest BCUT2D eigenvalue weighted by Crippen LogP contribution is -2.39. The van der Waals surface area contributed by atoms with Gasteiger partial charge in [0.1, 0.15) is 0 Å². The predicted octanol–water partition coefficient (Wildman–Crippen LogP) is 2.29. The van der Waals surface area contributed by atoms with E-state index in [2.05, 4.69) is 10.2 Å². The Labute approximate surface area is 120 Å². The first kappa shape index (κ1) is 13.4. The first-order chi connectivity index (χ1) is 9.67. The summed E-state index contributed by atoms with van der Waals surface area (Å²) in [5, 5.41) is 3.68. The Bertz CT molecular complexity index is 515. The Kier molecular flexibility index (Phi) is 3.66. The summed E-state index contributed by atoms with van der Waals surface area (Å²) in [6, 6.07) is 6.31. The number of piperidine rings is 1. The smallest absolute Gasteiger partial charge is 0.337 e. The van der Waals surface area contributed by atoms with Gasteiger partial charge in [0.2, 0.25) is 0 Å². The van der Waals surface area contributed by atoms with Crippen LogP contribution in [0.25, 0.3) is 0 Å². The summed E-state index contributed by atoms with van der Waals surface area (Å²) >= 11 is 0. The van der Waals surface area contributed by atoms with Crippen molar-refractivity contribution in [2.24, 2.45) is 5.92 Å². The Morgan fingerprint density at radius 2 is 2.15 bits per heavy atom. The number of aryl methyl sites for hydroxylation is 1. The molecule has 2 aliphatic heterocycles. The Balaban J connectivity index is 1.72. The molecule has 0 spiro atoms. The first-order valence-corrected chi connectivity index (χ1v) is 7.35. The number of nitrogens with zero attached hydrogens (tertiary/aromatic N) is 1. The molecule has 0 radical (unpaired) electrons. The van der Waals surface area contributed by atoms with Crippen LogP contribution in [0.15, 0.2) is 18.2 Å². The van der Waals surface area contributed by atoms with Crippen molar-refractivity contribution in [3.63, 3.8) is 0 Å². The van der Waals surface area contributed by atoms with Gasteiger partial charge in [0.15, 0.2) is 0 Å². The molecule has 1 N–H and O–H groups in total. The highest BCUT2D eigenvalue weighted by atomic mass is 16.5. The number of carbonyl (C=O) groups excluding carboxylic acids is 1. The molecule has 3 unspecified atom stereocenters. The normalized spacial score (nSPS) is 28.2. The highest BCUT2D eigenvalue weighted by Gasteiger charge is 2.34. The lowest BCUT2D eigenvalue weighted by molar-refractivity contribution is 0.0600. The van der Waals surface area contributed by atoms with Gasteiger partial charge in [-0.25, -0.2) is 4.79 Å². The first-order valence-electron chi connectivity index (χ1n) is 7.35. The van der Waals surface area contributed by atoms with Gasteiger partial charge < -0.3 is 15.0 Å². The number of hydrogen-bond acceptors (Lipinski definition) is 4. The standard InChI is InChI=1S/C16H22N2O2/c1-11-9-12(16(19)20-2)3-4-14(11)17-15-6-8-18-7-5-13(15)10-18/h3-4,9,13,15,17H,5-8,10H2,1-2H3. The Hall–Kier alpha value is -1.55. The van der Waals surface area contributed by atoms with Crippen LogP contribution in [0.3, 0.4) is 0 Å². The second-order valence-corrected chi connectivity index (χ2v) is 5.91. The number of ether oxygens (including phenoxy) is 1. The average Bonchev–Trinajstić information content (AvgIpc) is 2.85. The number of esters is 1. The molecule has 20 heavy (non-hydrogen) atoms. The van der Waals surface area contributed by atoms with E-state index in [0.717, 1.165) is 17.2 Å². The van der Waals surface area contributed by atoms with Gasteiger partial charge in [-0.05, 0) is 56.0 Å². The van der Waals surface area contributed by atoms with E-state index in [4.69, 9.17) is 4.74 Å². The van der Waals surface area contributed by atoms with Crippen molar-refractivity contribution in [3.05, 3.63) is 29.3 Å². The average molecular weight is 274 g/mol. The van der Waals surface area contributed by atoms with E-state index >= 15 is 0 Å². The lowest BCUT2D eigenvalue weighted by Gasteiger charge is -2.32. The maximum Gasteiger partial charge on any atom is 0.337 e. The van der Waals surface area contributed by atoms with Gasteiger partial charge in [-0.1, -0.05) is 0 Å². The summed E-state index contributed by atoms with van der Waals surface area (Å²) in [6.07, 6.45) is 2.51. The molecule has 2 saturated heterocycles. The van der Waals surface area contributed by atoms with Gasteiger partial charge >= 0.3 is 5.97 Å². The highest BCUT2D eigenvalue weighted by Crippen LogP contribution is 2.30. The minimum Gasteiger partial charge on any atom is -0.465 e. The van der Waals surface area contributed by atoms with Gasteiger partial charge in [0.05, 0.1) is 12.7 Å². The molecule has 0 saturated carbocycles. The van der Waals surface area contributed by atoms with Crippen molar-refractivity contribution in [2.75, 3.05) is 32.1 Å². The fourth-order valence-electron chi connectivity index (χ4n) is 3.41. The van der Waals surface area contributed by atoms with Gasteiger partial charge in [-0.2, -0.15) is 0 Å².